The first-order valence-corrected chi connectivity index (χ1v) is 10.4. The third-order valence-electron chi connectivity index (χ3n) is 7.06. The van der Waals surface area contributed by atoms with E-state index in [0.717, 1.165) is 32.5 Å². The van der Waals surface area contributed by atoms with Gasteiger partial charge in [-0.25, -0.2) is 15.0 Å². The highest BCUT2D eigenvalue weighted by atomic mass is 16.6. The summed E-state index contributed by atoms with van der Waals surface area (Å²) in [5, 5.41) is 21.5. The fourth-order valence-electron chi connectivity index (χ4n) is 5.26. The van der Waals surface area contributed by atoms with E-state index < -0.39 is 24.5 Å². The van der Waals surface area contributed by atoms with E-state index in [4.69, 9.17) is 10.5 Å². The zero-order valence-electron chi connectivity index (χ0n) is 16.7. The standard InChI is InChI=1S/C19H29N7O3/c1-24-7-4-19(5-8-24)3-2-6-25(19)9-12-14(27)15(28)18(29-12)26-11-23-13-16(20)21-10-22-17(13)26/h10-12,14-15,18,27-28H,2-9H2,1H3,(H2,20,21,22)/t12-,14-,15-,18-/m1/s1. The molecular weight excluding hydrogens is 374 g/mol. The number of aliphatic hydroxyl groups excluding tert-OH is 2. The predicted octanol–water partition coefficient (Wildman–Crippen LogP) is -0.412. The molecule has 3 aliphatic heterocycles. The fraction of sp³-hybridized carbons (Fsp3) is 0.737. The molecule has 5 rings (SSSR count). The molecular formula is C19H29N7O3. The average Bonchev–Trinajstić information content (AvgIpc) is 3.38. The second-order valence-electron chi connectivity index (χ2n) is 8.71. The van der Waals surface area contributed by atoms with Crippen LogP contribution in [0, 0.1) is 0 Å². The molecule has 4 atom stereocenters. The number of aromatic nitrogens is 4. The summed E-state index contributed by atoms with van der Waals surface area (Å²) in [6.45, 7) is 3.81. The Morgan fingerprint density at radius 2 is 1.93 bits per heavy atom. The minimum atomic E-state index is -1.07. The number of piperidine rings is 1. The number of nitrogen functional groups attached to an aromatic ring is 1. The highest BCUT2D eigenvalue weighted by Crippen LogP contribution is 2.40. The van der Waals surface area contributed by atoms with Crippen molar-refractivity contribution < 1.29 is 14.9 Å². The first-order valence-electron chi connectivity index (χ1n) is 10.4. The summed E-state index contributed by atoms with van der Waals surface area (Å²) >= 11 is 0. The lowest BCUT2D eigenvalue weighted by Gasteiger charge is -2.45. The van der Waals surface area contributed by atoms with Gasteiger partial charge in [-0.2, -0.15) is 0 Å². The quantitative estimate of drug-likeness (QED) is 0.627. The van der Waals surface area contributed by atoms with Crippen LogP contribution in [-0.2, 0) is 4.74 Å². The number of hydrogen-bond acceptors (Lipinski definition) is 9. The van der Waals surface area contributed by atoms with Gasteiger partial charge < -0.3 is 25.6 Å². The van der Waals surface area contributed by atoms with Gasteiger partial charge >= 0.3 is 0 Å². The lowest BCUT2D eigenvalue weighted by molar-refractivity contribution is -0.0571. The number of anilines is 1. The molecule has 0 radical (unpaired) electrons. The summed E-state index contributed by atoms with van der Waals surface area (Å²) in [7, 11) is 2.17. The lowest BCUT2D eigenvalue weighted by Crippen LogP contribution is -2.54. The van der Waals surface area contributed by atoms with Gasteiger partial charge in [0.2, 0.25) is 0 Å². The van der Waals surface area contributed by atoms with Crippen molar-refractivity contribution in [3.8, 4) is 0 Å². The van der Waals surface area contributed by atoms with Gasteiger partial charge in [0.05, 0.1) is 6.33 Å². The number of imidazole rings is 1. The molecule has 5 heterocycles. The van der Waals surface area contributed by atoms with Crippen molar-refractivity contribution in [3.05, 3.63) is 12.7 Å². The largest absolute Gasteiger partial charge is 0.387 e. The van der Waals surface area contributed by atoms with Crippen LogP contribution in [0.15, 0.2) is 12.7 Å². The van der Waals surface area contributed by atoms with Crippen molar-refractivity contribution in [1.82, 2.24) is 29.3 Å². The molecule has 29 heavy (non-hydrogen) atoms. The summed E-state index contributed by atoms with van der Waals surface area (Å²) < 4.78 is 7.80. The van der Waals surface area contributed by atoms with Gasteiger partial charge in [-0.05, 0) is 52.4 Å². The van der Waals surface area contributed by atoms with Crippen molar-refractivity contribution in [1.29, 1.82) is 0 Å². The SMILES string of the molecule is CN1CCC2(CCCN2C[C@H]2O[C@@H](n3cnc4c(N)ncnc43)[C@H](O)[C@@H]2O)CC1. The van der Waals surface area contributed by atoms with Gasteiger partial charge in [0.15, 0.2) is 17.7 Å². The number of likely N-dealkylation sites (tertiary alicyclic amines) is 2. The maximum atomic E-state index is 10.7. The molecule has 158 valence electrons. The maximum absolute atomic E-state index is 10.7. The van der Waals surface area contributed by atoms with Crippen LogP contribution in [-0.4, -0.2) is 96.6 Å². The van der Waals surface area contributed by atoms with Gasteiger partial charge in [0.25, 0.3) is 0 Å². The molecule has 0 amide bonds. The summed E-state index contributed by atoms with van der Waals surface area (Å²) in [4.78, 5) is 17.3. The Morgan fingerprint density at radius 3 is 2.72 bits per heavy atom. The molecule has 0 aliphatic carbocycles. The number of nitrogens with two attached hydrogens (primary N) is 1. The van der Waals surface area contributed by atoms with E-state index in [-0.39, 0.29) is 11.4 Å². The maximum Gasteiger partial charge on any atom is 0.167 e. The van der Waals surface area contributed by atoms with Crippen LogP contribution >= 0.6 is 0 Å². The van der Waals surface area contributed by atoms with E-state index in [2.05, 4.69) is 31.8 Å². The van der Waals surface area contributed by atoms with Gasteiger partial charge in [0.1, 0.15) is 30.2 Å². The Hall–Kier alpha value is -1.85. The molecule has 10 heteroatoms. The molecule has 2 aromatic rings. The molecule has 0 aromatic carbocycles. The zero-order valence-corrected chi connectivity index (χ0v) is 16.7. The van der Waals surface area contributed by atoms with Crippen LogP contribution in [0.5, 0.6) is 0 Å². The van der Waals surface area contributed by atoms with E-state index in [9.17, 15) is 10.2 Å². The molecule has 0 bridgehead atoms. The first kappa shape index (κ1) is 19.1. The van der Waals surface area contributed by atoms with Gasteiger partial charge in [-0.15, -0.1) is 0 Å². The number of rotatable bonds is 3. The third-order valence-corrected chi connectivity index (χ3v) is 7.06. The monoisotopic (exact) mass is 403 g/mol. The molecule has 2 aromatic heterocycles. The third kappa shape index (κ3) is 3.10. The molecule has 10 nitrogen and oxygen atoms in total. The molecule has 0 saturated carbocycles. The lowest BCUT2D eigenvalue weighted by atomic mass is 9.85. The van der Waals surface area contributed by atoms with Crippen molar-refractivity contribution >= 4 is 17.0 Å². The van der Waals surface area contributed by atoms with Crippen LogP contribution in [0.2, 0.25) is 0 Å². The molecule has 4 N–H and O–H groups in total. The topological polar surface area (TPSA) is 126 Å². The highest BCUT2D eigenvalue weighted by Gasteiger charge is 2.49. The van der Waals surface area contributed by atoms with Gasteiger partial charge in [-0.3, -0.25) is 9.47 Å². The molecule has 3 aliphatic rings. The van der Waals surface area contributed by atoms with Crippen LogP contribution in [0.3, 0.4) is 0 Å². The summed E-state index contributed by atoms with van der Waals surface area (Å²) in [6.07, 6.45) is 4.27. The highest BCUT2D eigenvalue weighted by molar-refractivity contribution is 5.81. The number of fused-ring (bicyclic) bond motifs is 1. The van der Waals surface area contributed by atoms with Crippen LogP contribution in [0.1, 0.15) is 31.9 Å². The van der Waals surface area contributed by atoms with E-state index >= 15 is 0 Å². The van der Waals surface area contributed by atoms with Crippen molar-refractivity contribution in [2.45, 2.75) is 55.8 Å². The Labute approximate surface area is 169 Å². The summed E-state index contributed by atoms with van der Waals surface area (Å²) in [5.74, 6) is 0.277. The van der Waals surface area contributed by atoms with Gasteiger partial charge in [0, 0.05) is 12.1 Å². The Morgan fingerprint density at radius 1 is 1.14 bits per heavy atom. The molecule has 0 unspecified atom stereocenters. The number of nitrogens with zero attached hydrogens (tertiary/aromatic N) is 6. The zero-order chi connectivity index (χ0) is 20.2. The minimum Gasteiger partial charge on any atom is -0.387 e. The molecule has 3 fully saturated rings. The van der Waals surface area contributed by atoms with Crippen molar-refractivity contribution in [3.63, 3.8) is 0 Å². The number of ether oxygens (including phenoxy) is 1. The van der Waals surface area contributed by atoms with Crippen LogP contribution in [0.25, 0.3) is 11.2 Å². The fourth-order valence-corrected chi connectivity index (χ4v) is 5.26. The van der Waals surface area contributed by atoms with Crippen molar-refractivity contribution in [2.75, 3.05) is 39.0 Å². The van der Waals surface area contributed by atoms with E-state index in [0.29, 0.717) is 17.7 Å². The van der Waals surface area contributed by atoms with E-state index in [1.165, 1.54) is 25.5 Å². The Bertz CT molecular complexity index is 882. The van der Waals surface area contributed by atoms with Gasteiger partial charge in [-0.1, -0.05) is 0 Å². The summed E-state index contributed by atoms with van der Waals surface area (Å²) in [6, 6.07) is 0. The molecule has 3 saturated heterocycles. The summed E-state index contributed by atoms with van der Waals surface area (Å²) in [5.41, 5.74) is 7.01. The average molecular weight is 403 g/mol. The first-order chi connectivity index (χ1) is 14.0. The van der Waals surface area contributed by atoms with Crippen molar-refractivity contribution in [2.24, 2.45) is 0 Å². The molecule has 1 spiro atoms. The Kier molecular flexibility index (Phi) is 4.71. The second kappa shape index (κ2) is 7.13. The number of aliphatic hydroxyl groups is 2. The van der Waals surface area contributed by atoms with E-state index in [1.54, 1.807) is 4.57 Å². The minimum absolute atomic E-state index is 0.196. The Balaban J connectivity index is 1.35. The predicted molar refractivity (Wildman–Crippen MR) is 106 cm³/mol. The normalized spacial score (nSPS) is 33.2. The van der Waals surface area contributed by atoms with Crippen LogP contribution < -0.4 is 5.73 Å². The second-order valence-corrected chi connectivity index (χ2v) is 8.71. The smallest absolute Gasteiger partial charge is 0.167 e. The van der Waals surface area contributed by atoms with E-state index in [1.807, 2.05) is 0 Å². The van der Waals surface area contributed by atoms with Crippen LogP contribution in [0.4, 0.5) is 5.82 Å². The number of hydrogen-bond donors (Lipinski definition) is 3.